The highest BCUT2D eigenvalue weighted by Gasteiger charge is 2.18. The maximum absolute atomic E-state index is 12.0. The Morgan fingerprint density at radius 2 is 2.33 bits per heavy atom. The van der Waals surface area contributed by atoms with E-state index >= 15 is 0 Å². The minimum absolute atomic E-state index is 0.0972. The second kappa shape index (κ2) is 6.39. The van der Waals surface area contributed by atoms with Gasteiger partial charge in [0.05, 0.1) is 12.7 Å². The minimum Gasteiger partial charge on any atom is -0.480 e. The quantitative estimate of drug-likeness (QED) is 0.709. The van der Waals surface area contributed by atoms with E-state index in [1.807, 2.05) is 6.92 Å². The standard InChI is InChI=1S/C11H14N4O3/c1-3-5-14(6-4-2)11(18)9-7-15(13-12-9)8-10(16)17/h1,7H,4-6,8H2,2H3,(H,16,17). The van der Waals surface area contributed by atoms with Gasteiger partial charge in [0, 0.05) is 6.54 Å². The summed E-state index contributed by atoms with van der Waals surface area (Å²) in [6.07, 6.45) is 7.26. The number of carboxylic acid groups (broad SMARTS) is 1. The lowest BCUT2D eigenvalue weighted by Gasteiger charge is -2.17. The Morgan fingerprint density at radius 1 is 1.61 bits per heavy atom. The molecule has 0 saturated carbocycles. The van der Waals surface area contributed by atoms with E-state index in [4.69, 9.17) is 11.5 Å². The predicted octanol–water partition coefficient (Wildman–Crippen LogP) is -0.152. The summed E-state index contributed by atoms with van der Waals surface area (Å²) in [5.41, 5.74) is 0.0972. The Labute approximate surface area is 104 Å². The number of terminal acetylenes is 1. The molecule has 0 saturated heterocycles. The van der Waals surface area contributed by atoms with Gasteiger partial charge in [-0.1, -0.05) is 18.1 Å². The van der Waals surface area contributed by atoms with Crippen LogP contribution in [-0.4, -0.2) is 50.0 Å². The van der Waals surface area contributed by atoms with Crippen LogP contribution in [0.5, 0.6) is 0 Å². The third kappa shape index (κ3) is 3.59. The van der Waals surface area contributed by atoms with Crippen molar-refractivity contribution in [1.82, 2.24) is 19.9 Å². The third-order valence-corrected chi connectivity index (χ3v) is 2.12. The van der Waals surface area contributed by atoms with E-state index in [9.17, 15) is 9.59 Å². The van der Waals surface area contributed by atoms with E-state index in [-0.39, 0.29) is 24.7 Å². The fourth-order valence-electron chi connectivity index (χ4n) is 1.41. The summed E-state index contributed by atoms with van der Waals surface area (Å²) in [5, 5.41) is 15.8. The molecule has 1 amide bonds. The summed E-state index contributed by atoms with van der Waals surface area (Å²) in [6.45, 7) is 2.31. The lowest BCUT2D eigenvalue weighted by molar-refractivity contribution is -0.137. The number of carboxylic acids is 1. The molecule has 0 unspecified atom stereocenters. The average molecular weight is 250 g/mol. The molecule has 1 aromatic rings. The van der Waals surface area contributed by atoms with Crippen molar-refractivity contribution in [2.75, 3.05) is 13.1 Å². The van der Waals surface area contributed by atoms with Gasteiger partial charge >= 0.3 is 5.97 Å². The van der Waals surface area contributed by atoms with E-state index < -0.39 is 5.97 Å². The van der Waals surface area contributed by atoms with Crippen LogP contribution in [0.2, 0.25) is 0 Å². The first kappa shape index (κ1) is 13.7. The lowest BCUT2D eigenvalue weighted by Crippen LogP contribution is -2.32. The molecule has 0 bridgehead atoms. The van der Waals surface area contributed by atoms with Crippen molar-refractivity contribution in [1.29, 1.82) is 0 Å². The van der Waals surface area contributed by atoms with Crippen LogP contribution in [0.3, 0.4) is 0 Å². The molecule has 0 atom stereocenters. The first-order valence-electron chi connectivity index (χ1n) is 5.43. The van der Waals surface area contributed by atoms with E-state index in [1.54, 1.807) is 0 Å². The van der Waals surface area contributed by atoms with E-state index in [1.165, 1.54) is 11.1 Å². The topological polar surface area (TPSA) is 88.3 Å². The van der Waals surface area contributed by atoms with Crippen LogP contribution in [0.1, 0.15) is 23.8 Å². The fraction of sp³-hybridized carbons (Fsp3) is 0.455. The van der Waals surface area contributed by atoms with E-state index in [0.717, 1.165) is 11.1 Å². The molecule has 18 heavy (non-hydrogen) atoms. The van der Waals surface area contributed by atoms with Gasteiger partial charge in [-0.25, -0.2) is 4.68 Å². The van der Waals surface area contributed by atoms with Crippen LogP contribution in [-0.2, 0) is 11.3 Å². The molecule has 1 aromatic heterocycles. The van der Waals surface area contributed by atoms with Gasteiger partial charge in [-0.15, -0.1) is 11.5 Å². The highest BCUT2D eigenvalue weighted by Crippen LogP contribution is 2.02. The number of carbonyl (C=O) groups is 2. The molecule has 0 aliphatic carbocycles. The van der Waals surface area contributed by atoms with Crippen LogP contribution in [0.25, 0.3) is 0 Å². The fourth-order valence-corrected chi connectivity index (χ4v) is 1.41. The Hall–Kier alpha value is -2.36. The van der Waals surface area contributed by atoms with E-state index in [2.05, 4.69) is 16.2 Å². The normalized spacial score (nSPS) is 9.78. The van der Waals surface area contributed by atoms with Crippen molar-refractivity contribution >= 4 is 11.9 Å². The van der Waals surface area contributed by atoms with Crippen LogP contribution in [0.4, 0.5) is 0 Å². The summed E-state index contributed by atoms with van der Waals surface area (Å²) in [6, 6.07) is 0. The summed E-state index contributed by atoms with van der Waals surface area (Å²) < 4.78 is 1.09. The highest BCUT2D eigenvalue weighted by molar-refractivity contribution is 5.92. The maximum atomic E-state index is 12.0. The van der Waals surface area contributed by atoms with Crippen LogP contribution in [0.15, 0.2) is 6.20 Å². The molecule has 0 aliphatic heterocycles. The van der Waals surface area contributed by atoms with Crippen LogP contribution >= 0.6 is 0 Å². The molecular weight excluding hydrogens is 236 g/mol. The van der Waals surface area contributed by atoms with Crippen LogP contribution < -0.4 is 0 Å². The van der Waals surface area contributed by atoms with Gasteiger partial charge in [-0.05, 0) is 6.42 Å². The number of nitrogens with zero attached hydrogens (tertiary/aromatic N) is 4. The van der Waals surface area contributed by atoms with Gasteiger partial charge in [0.2, 0.25) is 0 Å². The summed E-state index contributed by atoms with van der Waals surface area (Å²) >= 11 is 0. The molecule has 0 spiro atoms. The number of hydrogen-bond acceptors (Lipinski definition) is 4. The van der Waals surface area contributed by atoms with Crippen LogP contribution in [0, 0.1) is 12.3 Å². The number of aliphatic carboxylic acids is 1. The zero-order chi connectivity index (χ0) is 13.5. The molecule has 1 heterocycles. The molecule has 0 fully saturated rings. The van der Waals surface area contributed by atoms with Gasteiger partial charge in [0.1, 0.15) is 6.54 Å². The molecule has 96 valence electrons. The summed E-state index contributed by atoms with van der Waals surface area (Å²) in [5.74, 6) is 1.01. The first-order valence-corrected chi connectivity index (χ1v) is 5.43. The molecule has 7 nitrogen and oxygen atoms in total. The predicted molar refractivity (Wildman–Crippen MR) is 62.7 cm³/mol. The van der Waals surface area contributed by atoms with Gasteiger partial charge in [-0.2, -0.15) is 0 Å². The Bertz CT molecular complexity index is 475. The molecule has 7 heteroatoms. The first-order chi connectivity index (χ1) is 8.58. The van der Waals surface area contributed by atoms with Gasteiger partial charge < -0.3 is 10.0 Å². The zero-order valence-corrected chi connectivity index (χ0v) is 10.0. The second-order valence-corrected chi connectivity index (χ2v) is 3.63. The SMILES string of the molecule is C#CCN(CCC)C(=O)c1cn(CC(=O)O)nn1. The molecule has 1 N–H and O–H groups in total. The van der Waals surface area contributed by atoms with Crippen molar-refractivity contribution in [3.8, 4) is 12.3 Å². The average Bonchev–Trinajstić information content (AvgIpc) is 2.75. The second-order valence-electron chi connectivity index (χ2n) is 3.63. The number of hydrogen-bond donors (Lipinski definition) is 1. The molecular formula is C11H14N4O3. The van der Waals surface area contributed by atoms with Crippen molar-refractivity contribution < 1.29 is 14.7 Å². The largest absolute Gasteiger partial charge is 0.480 e. The highest BCUT2D eigenvalue weighted by atomic mass is 16.4. The third-order valence-electron chi connectivity index (χ3n) is 2.12. The van der Waals surface area contributed by atoms with E-state index in [0.29, 0.717) is 6.54 Å². The number of aromatic nitrogens is 3. The summed E-state index contributed by atoms with van der Waals surface area (Å²) in [7, 11) is 0. The van der Waals surface area contributed by atoms with Crippen molar-refractivity contribution in [3.63, 3.8) is 0 Å². The molecule has 0 aliphatic rings. The monoisotopic (exact) mass is 250 g/mol. The van der Waals surface area contributed by atoms with Gasteiger partial charge in [-0.3, -0.25) is 9.59 Å². The molecule has 1 rings (SSSR count). The smallest absolute Gasteiger partial charge is 0.325 e. The van der Waals surface area contributed by atoms with Crippen molar-refractivity contribution in [2.45, 2.75) is 19.9 Å². The Morgan fingerprint density at radius 3 is 2.89 bits per heavy atom. The van der Waals surface area contributed by atoms with Gasteiger partial charge in [0.15, 0.2) is 5.69 Å². The zero-order valence-electron chi connectivity index (χ0n) is 10.0. The van der Waals surface area contributed by atoms with Crippen molar-refractivity contribution in [3.05, 3.63) is 11.9 Å². The number of rotatable bonds is 6. The molecule has 0 aromatic carbocycles. The minimum atomic E-state index is -1.05. The molecule has 0 radical (unpaired) electrons. The lowest BCUT2D eigenvalue weighted by atomic mass is 10.3. The maximum Gasteiger partial charge on any atom is 0.325 e. The number of amides is 1. The van der Waals surface area contributed by atoms with Gasteiger partial charge in [0.25, 0.3) is 5.91 Å². The number of carbonyl (C=O) groups excluding carboxylic acids is 1. The van der Waals surface area contributed by atoms with Crippen molar-refractivity contribution in [2.24, 2.45) is 0 Å². The Kier molecular flexibility index (Phi) is 4.87. The Balaban J connectivity index is 2.78. The summed E-state index contributed by atoms with van der Waals surface area (Å²) in [4.78, 5) is 23.9.